The van der Waals surface area contributed by atoms with Crippen LogP contribution in [0.3, 0.4) is 0 Å². The molecule has 0 spiro atoms. The minimum absolute atomic E-state index is 0.0739. The molecule has 1 heterocycles. The summed E-state index contributed by atoms with van der Waals surface area (Å²) in [6.45, 7) is 0. The molecule has 7 nitrogen and oxygen atoms in total. The largest absolute Gasteiger partial charge is 0.270 e. The van der Waals surface area contributed by atoms with Gasteiger partial charge in [-0.3, -0.25) is 14.8 Å². The zero-order valence-corrected chi connectivity index (χ0v) is 12.9. The molecule has 0 aliphatic heterocycles. The second-order valence-corrected chi connectivity index (χ2v) is 7.20. The van der Waals surface area contributed by atoms with Crippen LogP contribution in [-0.2, 0) is 10.0 Å². The lowest BCUT2D eigenvalue weighted by atomic mass is 10.3. The third kappa shape index (κ3) is 3.12. The van der Waals surface area contributed by atoms with Crippen LogP contribution in [0.4, 0.5) is 15.2 Å². The normalized spacial score (nSPS) is 11.5. The SMILES string of the molecule is O=[N+]([O-])c1ccc2nc(NS(=O)(=O)c3ccc(F)cc3)sc2c1. The molecule has 0 aliphatic carbocycles. The maximum atomic E-state index is 12.9. The Kier molecular flexibility index (Phi) is 3.70. The monoisotopic (exact) mass is 353 g/mol. The highest BCUT2D eigenvalue weighted by atomic mass is 32.2. The number of nitrogens with zero attached hydrogens (tertiary/aromatic N) is 2. The van der Waals surface area contributed by atoms with E-state index in [1.807, 2.05) is 0 Å². The molecule has 0 unspecified atom stereocenters. The second-order valence-electron chi connectivity index (χ2n) is 4.49. The summed E-state index contributed by atoms with van der Waals surface area (Å²) in [5.41, 5.74) is 0.339. The number of sulfonamides is 1. The van der Waals surface area contributed by atoms with Gasteiger partial charge in [0, 0.05) is 12.1 Å². The van der Waals surface area contributed by atoms with Gasteiger partial charge < -0.3 is 0 Å². The zero-order valence-electron chi connectivity index (χ0n) is 11.3. The number of aromatic nitrogens is 1. The quantitative estimate of drug-likeness (QED) is 0.573. The lowest BCUT2D eigenvalue weighted by Gasteiger charge is -2.04. The van der Waals surface area contributed by atoms with E-state index in [1.54, 1.807) is 0 Å². The van der Waals surface area contributed by atoms with Crippen molar-refractivity contribution >= 4 is 42.4 Å². The fourth-order valence-corrected chi connectivity index (χ4v) is 3.99. The van der Waals surface area contributed by atoms with Gasteiger partial charge in [0.2, 0.25) is 0 Å². The lowest BCUT2D eigenvalue weighted by Crippen LogP contribution is -2.12. The van der Waals surface area contributed by atoms with Crippen molar-refractivity contribution in [1.82, 2.24) is 4.98 Å². The third-order valence-corrected chi connectivity index (χ3v) is 5.35. The van der Waals surface area contributed by atoms with Gasteiger partial charge in [0.05, 0.1) is 20.0 Å². The van der Waals surface area contributed by atoms with Crippen LogP contribution < -0.4 is 4.72 Å². The lowest BCUT2D eigenvalue weighted by molar-refractivity contribution is -0.384. The molecule has 1 aromatic heterocycles. The van der Waals surface area contributed by atoms with Crippen LogP contribution in [0.5, 0.6) is 0 Å². The number of nitro groups is 1. The number of non-ortho nitro benzene ring substituents is 1. The number of nitro benzene ring substituents is 1. The number of hydrogen-bond acceptors (Lipinski definition) is 6. The number of halogens is 1. The van der Waals surface area contributed by atoms with E-state index in [1.165, 1.54) is 18.2 Å². The first-order valence-corrected chi connectivity index (χ1v) is 8.48. The van der Waals surface area contributed by atoms with E-state index in [0.717, 1.165) is 35.6 Å². The maximum Gasteiger partial charge on any atom is 0.270 e. The Hall–Kier alpha value is -2.59. The van der Waals surface area contributed by atoms with Crippen molar-refractivity contribution in [3.63, 3.8) is 0 Å². The topological polar surface area (TPSA) is 102 Å². The number of benzene rings is 2. The van der Waals surface area contributed by atoms with Gasteiger partial charge in [0.15, 0.2) is 5.13 Å². The van der Waals surface area contributed by atoms with Crippen LogP contribution in [0.15, 0.2) is 47.4 Å². The van der Waals surface area contributed by atoms with Gasteiger partial charge in [-0.2, -0.15) is 0 Å². The maximum absolute atomic E-state index is 12.9. The first-order chi connectivity index (χ1) is 10.8. The van der Waals surface area contributed by atoms with E-state index in [2.05, 4.69) is 9.71 Å². The van der Waals surface area contributed by atoms with E-state index < -0.39 is 20.8 Å². The van der Waals surface area contributed by atoms with Crippen molar-refractivity contribution < 1.29 is 17.7 Å². The highest BCUT2D eigenvalue weighted by Gasteiger charge is 2.17. The van der Waals surface area contributed by atoms with E-state index in [-0.39, 0.29) is 15.7 Å². The number of anilines is 1. The Balaban J connectivity index is 1.94. The molecular formula is C13H8FN3O4S2. The molecule has 10 heteroatoms. The molecule has 118 valence electrons. The van der Waals surface area contributed by atoms with Crippen LogP contribution in [-0.4, -0.2) is 18.3 Å². The summed E-state index contributed by atoms with van der Waals surface area (Å²) in [5, 5.41) is 10.8. The van der Waals surface area contributed by atoms with Crippen LogP contribution in [0.1, 0.15) is 0 Å². The average molecular weight is 353 g/mol. The highest BCUT2D eigenvalue weighted by Crippen LogP contribution is 2.30. The predicted molar refractivity (Wildman–Crippen MR) is 83.5 cm³/mol. The molecule has 0 aliphatic rings. The van der Waals surface area contributed by atoms with Gasteiger partial charge in [0.1, 0.15) is 5.82 Å². The molecule has 3 rings (SSSR count). The molecule has 0 saturated heterocycles. The Morgan fingerprint density at radius 3 is 2.52 bits per heavy atom. The van der Waals surface area contributed by atoms with Crippen LogP contribution >= 0.6 is 11.3 Å². The molecule has 0 fully saturated rings. The van der Waals surface area contributed by atoms with Crippen molar-refractivity contribution in [3.8, 4) is 0 Å². The van der Waals surface area contributed by atoms with Crippen molar-refractivity contribution in [2.45, 2.75) is 4.90 Å². The summed E-state index contributed by atoms with van der Waals surface area (Å²) < 4.78 is 40.0. The van der Waals surface area contributed by atoms with Crippen molar-refractivity contribution in [2.24, 2.45) is 0 Å². The summed E-state index contributed by atoms with van der Waals surface area (Å²) in [5.74, 6) is -0.545. The Labute approximate surface area is 133 Å². The first kappa shape index (κ1) is 15.3. The third-order valence-electron chi connectivity index (χ3n) is 2.93. The highest BCUT2D eigenvalue weighted by molar-refractivity contribution is 7.93. The van der Waals surface area contributed by atoms with Gasteiger partial charge in [-0.1, -0.05) is 11.3 Å². The van der Waals surface area contributed by atoms with Crippen molar-refractivity contribution in [1.29, 1.82) is 0 Å². The molecule has 0 atom stereocenters. The molecule has 0 saturated carbocycles. The molecule has 3 aromatic rings. The van der Waals surface area contributed by atoms with Crippen LogP contribution in [0.2, 0.25) is 0 Å². The van der Waals surface area contributed by atoms with Crippen molar-refractivity contribution in [2.75, 3.05) is 4.72 Å². The number of nitrogens with one attached hydrogen (secondary N) is 1. The summed E-state index contributed by atoms with van der Waals surface area (Å²) in [7, 11) is -3.91. The van der Waals surface area contributed by atoms with Crippen LogP contribution in [0, 0.1) is 15.9 Å². The Morgan fingerprint density at radius 1 is 1.17 bits per heavy atom. The summed E-state index contributed by atoms with van der Waals surface area (Å²) in [6, 6.07) is 8.40. The average Bonchev–Trinajstić information content (AvgIpc) is 2.87. The number of rotatable bonds is 4. The Bertz CT molecular complexity index is 1000. The summed E-state index contributed by atoms with van der Waals surface area (Å²) in [4.78, 5) is 14.2. The van der Waals surface area contributed by atoms with Crippen molar-refractivity contribution in [3.05, 3.63) is 58.4 Å². The van der Waals surface area contributed by atoms with E-state index in [0.29, 0.717) is 10.2 Å². The smallest absolute Gasteiger partial charge is 0.258 e. The van der Waals surface area contributed by atoms with Crippen LogP contribution in [0.25, 0.3) is 10.2 Å². The van der Waals surface area contributed by atoms with E-state index in [4.69, 9.17) is 0 Å². The summed E-state index contributed by atoms with van der Waals surface area (Å²) >= 11 is 0.974. The predicted octanol–water partition coefficient (Wildman–Crippen LogP) is 3.14. The summed E-state index contributed by atoms with van der Waals surface area (Å²) in [6.07, 6.45) is 0. The number of thiazole rings is 1. The molecular weight excluding hydrogens is 345 g/mol. The van der Waals surface area contributed by atoms with E-state index >= 15 is 0 Å². The van der Waals surface area contributed by atoms with Gasteiger partial charge in [-0.05, 0) is 30.3 Å². The number of hydrogen-bond donors (Lipinski definition) is 1. The molecule has 0 bridgehead atoms. The van der Waals surface area contributed by atoms with E-state index in [9.17, 15) is 22.9 Å². The fraction of sp³-hybridized carbons (Fsp3) is 0. The second kappa shape index (κ2) is 5.56. The first-order valence-electron chi connectivity index (χ1n) is 6.18. The molecule has 0 amide bonds. The fourth-order valence-electron chi connectivity index (χ4n) is 1.86. The minimum atomic E-state index is -3.91. The van der Waals surface area contributed by atoms with Gasteiger partial charge in [-0.25, -0.2) is 17.8 Å². The minimum Gasteiger partial charge on any atom is -0.258 e. The Morgan fingerprint density at radius 2 is 1.87 bits per heavy atom. The van der Waals surface area contributed by atoms with Gasteiger partial charge in [-0.15, -0.1) is 0 Å². The number of fused-ring (bicyclic) bond motifs is 1. The molecule has 0 radical (unpaired) electrons. The molecule has 1 N–H and O–H groups in total. The standard InChI is InChI=1S/C13H8FN3O4S2/c14-8-1-4-10(5-2-8)23(20,21)16-13-15-11-6-3-9(17(18)19)7-12(11)22-13/h1-7H,(H,15,16). The zero-order chi connectivity index (χ0) is 16.6. The molecule has 2 aromatic carbocycles. The van der Waals surface area contributed by atoms with Gasteiger partial charge in [0.25, 0.3) is 15.7 Å². The molecule has 23 heavy (non-hydrogen) atoms. The van der Waals surface area contributed by atoms with Gasteiger partial charge >= 0.3 is 0 Å².